The third kappa shape index (κ3) is 3.28. The van der Waals surface area contributed by atoms with Gasteiger partial charge >= 0.3 is 0 Å². The van der Waals surface area contributed by atoms with Gasteiger partial charge < -0.3 is 14.8 Å². The largest absolute Gasteiger partial charge is 0.493 e. The predicted octanol–water partition coefficient (Wildman–Crippen LogP) is 3.06. The topological polar surface area (TPSA) is 30.5 Å². The lowest BCUT2D eigenvalue weighted by Gasteiger charge is -2.28. The van der Waals surface area contributed by atoms with E-state index < -0.39 is 0 Å². The first-order chi connectivity index (χ1) is 9.43. The summed E-state index contributed by atoms with van der Waals surface area (Å²) in [4.78, 5) is 0. The van der Waals surface area contributed by atoms with Crippen LogP contribution in [0.5, 0.6) is 5.75 Å². The van der Waals surface area contributed by atoms with Crippen molar-refractivity contribution < 1.29 is 9.47 Å². The fourth-order valence-corrected chi connectivity index (χ4v) is 3.01. The van der Waals surface area contributed by atoms with E-state index in [1.807, 2.05) is 6.07 Å². The third-order valence-electron chi connectivity index (χ3n) is 4.09. The zero-order valence-corrected chi connectivity index (χ0v) is 11.4. The van der Waals surface area contributed by atoms with E-state index in [1.165, 1.54) is 24.8 Å². The normalized spacial score (nSPS) is 26.5. The molecule has 0 amide bonds. The number of fused-ring (bicyclic) bond motifs is 1. The van der Waals surface area contributed by atoms with E-state index in [0.29, 0.717) is 12.1 Å². The monoisotopic (exact) mass is 261 g/mol. The van der Waals surface area contributed by atoms with Crippen molar-refractivity contribution in [3.05, 3.63) is 29.8 Å². The second-order valence-corrected chi connectivity index (χ2v) is 5.46. The Morgan fingerprint density at radius 1 is 1.11 bits per heavy atom. The van der Waals surface area contributed by atoms with E-state index in [9.17, 15) is 0 Å². The quantitative estimate of drug-likeness (QED) is 0.903. The minimum atomic E-state index is 0.438. The maximum atomic E-state index is 5.77. The highest BCUT2D eigenvalue weighted by molar-refractivity contribution is 5.37. The Morgan fingerprint density at radius 3 is 2.95 bits per heavy atom. The van der Waals surface area contributed by atoms with Gasteiger partial charge in [-0.15, -0.1) is 0 Å². The molecule has 3 heteroatoms. The van der Waals surface area contributed by atoms with Gasteiger partial charge in [-0.3, -0.25) is 0 Å². The molecule has 0 saturated carbocycles. The summed E-state index contributed by atoms with van der Waals surface area (Å²) in [5.74, 6) is 1.04. The van der Waals surface area contributed by atoms with E-state index in [4.69, 9.17) is 9.47 Å². The number of hydrogen-bond donors (Lipinski definition) is 1. The van der Waals surface area contributed by atoms with E-state index in [-0.39, 0.29) is 0 Å². The summed E-state index contributed by atoms with van der Waals surface area (Å²) < 4.78 is 11.5. The molecule has 2 atom stereocenters. The van der Waals surface area contributed by atoms with Crippen molar-refractivity contribution in [3.8, 4) is 5.75 Å². The molecule has 3 rings (SSSR count). The Morgan fingerprint density at radius 2 is 2.05 bits per heavy atom. The molecule has 1 aromatic carbocycles. The molecule has 3 nitrogen and oxygen atoms in total. The van der Waals surface area contributed by atoms with Gasteiger partial charge in [0, 0.05) is 24.6 Å². The summed E-state index contributed by atoms with van der Waals surface area (Å²) in [6.45, 7) is 2.79. The molecule has 104 valence electrons. The molecule has 0 radical (unpaired) electrons. The van der Waals surface area contributed by atoms with Crippen LogP contribution in [0.15, 0.2) is 24.3 Å². The van der Waals surface area contributed by atoms with Crippen LogP contribution in [0.4, 0.5) is 0 Å². The van der Waals surface area contributed by atoms with Gasteiger partial charge in [0.1, 0.15) is 5.75 Å². The second-order valence-electron chi connectivity index (χ2n) is 5.46. The zero-order valence-electron chi connectivity index (χ0n) is 11.4. The van der Waals surface area contributed by atoms with Crippen LogP contribution in [-0.2, 0) is 4.74 Å². The first-order valence-corrected chi connectivity index (χ1v) is 7.50. The lowest BCUT2D eigenvalue weighted by Crippen LogP contribution is -2.30. The summed E-state index contributed by atoms with van der Waals surface area (Å²) in [5.41, 5.74) is 1.30. The Bertz CT molecular complexity index is 401. The maximum Gasteiger partial charge on any atom is 0.124 e. The van der Waals surface area contributed by atoms with Crippen LogP contribution in [0.2, 0.25) is 0 Å². The first kappa shape index (κ1) is 12.9. The van der Waals surface area contributed by atoms with Gasteiger partial charge in [0.05, 0.1) is 12.7 Å². The molecule has 1 fully saturated rings. The lowest BCUT2D eigenvalue weighted by atomic mass is 10.00. The summed E-state index contributed by atoms with van der Waals surface area (Å²) in [6, 6.07) is 8.80. The van der Waals surface area contributed by atoms with Crippen LogP contribution in [0.1, 0.15) is 43.7 Å². The number of ether oxygens (including phenoxy) is 2. The number of nitrogens with one attached hydrogen (secondary N) is 1. The summed E-state index contributed by atoms with van der Waals surface area (Å²) in [6.07, 6.45) is 6.44. The third-order valence-corrected chi connectivity index (χ3v) is 4.09. The molecule has 0 aromatic heterocycles. The smallest absolute Gasteiger partial charge is 0.124 e. The van der Waals surface area contributed by atoms with Crippen LogP contribution in [0.25, 0.3) is 0 Å². The van der Waals surface area contributed by atoms with E-state index in [1.54, 1.807) is 0 Å². The van der Waals surface area contributed by atoms with Gasteiger partial charge in [0.15, 0.2) is 0 Å². The zero-order chi connectivity index (χ0) is 12.9. The summed E-state index contributed by atoms with van der Waals surface area (Å²) in [5, 5.41) is 3.67. The molecular formula is C16H23NO2. The maximum absolute atomic E-state index is 5.77. The average molecular weight is 261 g/mol. The molecule has 0 aliphatic carbocycles. The fraction of sp³-hybridized carbons (Fsp3) is 0.625. The van der Waals surface area contributed by atoms with Crippen molar-refractivity contribution in [1.29, 1.82) is 0 Å². The van der Waals surface area contributed by atoms with E-state index in [2.05, 4.69) is 23.5 Å². The van der Waals surface area contributed by atoms with Crippen molar-refractivity contribution in [1.82, 2.24) is 5.32 Å². The Balaban J connectivity index is 1.50. The first-order valence-electron chi connectivity index (χ1n) is 7.50. The van der Waals surface area contributed by atoms with Crippen LogP contribution in [0, 0.1) is 0 Å². The van der Waals surface area contributed by atoms with Crippen molar-refractivity contribution in [2.75, 3.05) is 19.8 Å². The summed E-state index contributed by atoms with van der Waals surface area (Å²) >= 11 is 0. The Kier molecular flexibility index (Phi) is 4.36. The van der Waals surface area contributed by atoms with Crippen molar-refractivity contribution in [3.63, 3.8) is 0 Å². The Labute approximate surface area is 115 Å². The number of para-hydroxylation sites is 1. The molecule has 2 heterocycles. The van der Waals surface area contributed by atoms with Crippen molar-refractivity contribution in [2.24, 2.45) is 0 Å². The SMILES string of the molecule is c1ccc2c(c1)OCCC2NCCC1CCCCO1. The van der Waals surface area contributed by atoms with Gasteiger partial charge in [-0.2, -0.15) is 0 Å². The molecule has 0 spiro atoms. The molecule has 1 saturated heterocycles. The highest BCUT2D eigenvalue weighted by Crippen LogP contribution is 2.31. The molecule has 0 bridgehead atoms. The van der Waals surface area contributed by atoms with Gasteiger partial charge in [-0.1, -0.05) is 18.2 Å². The number of benzene rings is 1. The van der Waals surface area contributed by atoms with Crippen LogP contribution in [0.3, 0.4) is 0 Å². The van der Waals surface area contributed by atoms with E-state index >= 15 is 0 Å². The highest BCUT2D eigenvalue weighted by atomic mass is 16.5. The fourth-order valence-electron chi connectivity index (χ4n) is 3.01. The minimum Gasteiger partial charge on any atom is -0.493 e. The molecule has 19 heavy (non-hydrogen) atoms. The van der Waals surface area contributed by atoms with Crippen molar-refractivity contribution >= 4 is 0 Å². The predicted molar refractivity (Wildman–Crippen MR) is 75.5 cm³/mol. The van der Waals surface area contributed by atoms with Gasteiger partial charge in [0.2, 0.25) is 0 Å². The van der Waals surface area contributed by atoms with Crippen LogP contribution in [-0.4, -0.2) is 25.9 Å². The second kappa shape index (κ2) is 6.40. The number of rotatable bonds is 4. The van der Waals surface area contributed by atoms with Gasteiger partial charge in [-0.25, -0.2) is 0 Å². The molecule has 1 N–H and O–H groups in total. The molecule has 2 aliphatic heterocycles. The highest BCUT2D eigenvalue weighted by Gasteiger charge is 2.21. The van der Waals surface area contributed by atoms with E-state index in [0.717, 1.165) is 38.3 Å². The molecule has 2 unspecified atom stereocenters. The van der Waals surface area contributed by atoms with Gasteiger partial charge in [-0.05, 0) is 38.3 Å². The average Bonchev–Trinajstić information content (AvgIpc) is 2.49. The van der Waals surface area contributed by atoms with Crippen LogP contribution >= 0.6 is 0 Å². The van der Waals surface area contributed by atoms with Gasteiger partial charge in [0.25, 0.3) is 0 Å². The minimum absolute atomic E-state index is 0.438. The molecule has 2 aliphatic rings. The summed E-state index contributed by atoms with van der Waals surface area (Å²) in [7, 11) is 0. The standard InChI is InChI=1S/C16H23NO2/c1-2-7-16-14(6-1)15(9-12-19-16)17-10-8-13-5-3-4-11-18-13/h1-2,6-7,13,15,17H,3-5,8-12H2. The van der Waals surface area contributed by atoms with Crippen LogP contribution < -0.4 is 10.1 Å². The lowest BCUT2D eigenvalue weighted by molar-refractivity contribution is 0.0110. The Hall–Kier alpha value is -1.06. The molecule has 1 aromatic rings. The molecular weight excluding hydrogens is 238 g/mol. The van der Waals surface area contributed by atoms with Crippen molar-refractivity contribution in [2.45, 2.75) is 44.2 Å². The number of hydrogen-bond acceptors (Lipinski definition) is 3.